The molecule has 0 atom stereocenters. The number of ether oxygens (including phenoxy) is 1. The zero-order valence-corrected chi connectivity index (χ0v) is 9.68. The number of para-hydroxylation sites is 1. The number of anilines is 1. The van der Waals surface area contributed by atoms with Crippen molar-refractivity contribution < 1.29 is 17.9 Å². The van der Waals surface area contributed by atoms with E-state index >= 15 is 0 Å². The fourth-order valence-electron chi connectivity index (χ4n) is 1.36. The molecule has 2 nitrogen and oxygen atoms in total. The summed E-state index contributed by atoms with van der Waals surface area (Å²) in [6.45, 7) is 1.51. The SMILES string of the molecule is Cc1ccccc1NCCCOCC(F)(F)F. The maximum Gasteiger partial charge on any atom is 0.411 e. The molecule has 0 aliphatic carbocycles. The lowest BCUT2D eigenvalue weighted by Gasteiger charge is -2.10. The van der Waals surface area contributed by atoms with Gasteiger partial charge in [-0.25, -0.2) is 0 Å². The lowest BCUT2D eigenvalue weighted by Crippen LogP contribution is -2.18. The highest BCUT2D eigenvalue weighted by atomic mass is 19.4. The second-order valence-corrected chi connectivity index (χ2v) is 3.76. The van der Waals surface area contributed by atoms with Gasteiger partial charge in [0, 0.05) is 18.8 Å². The third kappa shape index (κ3) is 6.16. The zero-order chi connectivity index (χ0) is 12.7. The molecule has 0 heterocycles. The maximum absolute atomic E-state index is 11.7. The van der Waals surface area contributed by atoms with Gasteiger partial charge in [-0.2, -0.15) is 13.2 Å². The maximum atomic E-state index is 11.7. The van der Waals surface area contributed by atoms with Crippen molar-refractivity contribution in [1.29, 1.82) is 0 Å². The Labute approximate surface area is 98.8 Å². The Kier molecular flexibility index (Phi) is 5.28. The Morgan fingerprint density at radius 3 is 2.59 bits per heavy atom. The van der Waals surface area contributed by atoms with Crippen molar-refractivity contribution in [2.24, 2.45) is 0 Å². The van der Waals surface area contributed by atoms with E-state index in [1.807, 2.05) is 31.2 Å². The minimum atomic E-state index is -4.23. The number of benzene rings is 1. The first-order chi connectivity index (χ1) is 7.99. The summed E-state index contributed by atoms with van der Waals surface area (Å²) in [6, 6.07) is 7.76. The summed E-state index contributed by atoms with van der Waals surface area (Å²) in [7, 11) is 0. The van der Waals surface area contributed by atoms with E-state index in [0.717, 1.165) is 11.3 Å². The molecule has 0 spiro atoms. The summed E-state index contributed by atoms with van der Waals surface area (Å²) in [5.74, 6) is 0. The molecule has 17 heavy (non-hydrogen) atoms. The number of halogens is 3. The first-order valence-corrected chi connectivity index (χ1v) is 5.43. The predicted octanol–water partition coefficient (Wildman–Crippen LogP) is 3.38. The predicted molar refractivity (Wildman–Crippen MR) is 61.2 cm³/mol. The number of nitrogens with one attached hydrogen (secondary N) is 1. The molecule has 0 bridgehead atoms. The van der Waals surface area contributed by atoms with Gasteiger partial charge in [-0.05, 0) is 25.0 Å². The van der Waals surface area contributed by atoms with E-state index in [9.17, 15) is 13.2 Å². The fraction of sp³-hybridized carbons (Fsp3) is 0.500. The highest BCUT2D eigenvalue weighted by Gasteiger charge is 2.27. The van der Waals surface area contributed by atoms with Gasteiger partial charge in [0.05, 0.1) is 0 Å². The number of alkyl halides is 3. The van der Waals surface area contributed by atoms with Crippen LogP contribution in [-0.4, -0.2) is 25.9 Å². The molecule has 1 aromatic carbocycles. The minimum Gasteiger partial charge on any atom is -0.385 e. The molecule has 0 saturated heterocycles. The molecule has 96 valence electrons. The average molecular weight is 247 g/mol. The van der Waals surface area contributed by atoms with Crippen LogP contribution < -0.4 is 5.32 Å². The molecule has 1 rings (SSSR count). The summed E-state index contributed by atoms with van der Waals surface area (Å²) >= 11 is 0. The van der Waals surface area contributed by atoms with Crippen LogP contribution in [0.4, 0.5) is 18.9 Å². The smallest absolute Gasteiger partial charge is 0.385 e. The molecule has 0 aliphatic heterocycles. The van der Waals surface area contributed by atoms with Gasteiger partial charge in [0.1, 0.15) is 6.61 Å². The van der Waals surface area contributed by atoms with E-state index in [1.165, 1.54) is 0 Å². The highest BCUT2D eigenvalue weighted by Crippen LogP contribution is 2.15. The minimum absolute atomic E-state index is 0.110. The van der Waals surface area contributed by atoms with Gasteiger partial charge in [0.25, 0.3) is 0 Å². The number of hydrogen-bond donors (Lipinski definition) is 1. The third-order valence-corrected chi connectivity index (χ3v) is 2.19. The Morgan fingerprint density at radius 2 is 1.94 bits per heavy atom. The van der Waals surface area contributed by atoms with Crippen LogP contribution in [0.1, 0.15) is 12.0 Å². The van der Waals surface area contributed by atoms with Crippen LogP contribution in [0, 0.1) is 6.92 Å². The van der Waals surface area contributed by atoms with E-state index < -0.39 is 12.8 Å². The summed E-state index contributed by atoms with van der Waals surface area (Å²) in [4.78, 5) is 0. The Morgan fingerprint density at radius 1 is 1.24 bits per heavy atom. The van der Waals surface area contributed by atoms with Crippen LogP contribution in [0.5, 0.6) is 0 Å². The normalized spacial score (nSPS) is 11.5. The summed E-state index contributed by atoms with van der Waals surface area (Å²) < 4.78 is 39.7. The molecule has 0 saturated carbocycles. The number of aryl methyl sites for hydroxylation is 1. The van der Waals surface area contributed by atoms with Crippen LogP contribution in [0.25, 0.3) is 0 Å². The zero-order valence-electron chi connectivity index (χ0n) is 9.68. The van der Waals surface area contributed by atoms with Crippen molar-refractivity contribution in [3.05, 3.63) is 29.8 Å². The van der Waals surface area contributed by atoms with Crippen molar-refractivity contribution >= 4 is 5.69 Å². The topological polar surface area (TPSA) is 21.3 Å². The summed E-state index contributed by atoms with van der Waals surface area (Å²) in [5.41, 5.74) is 2.12. The van der Waals surface area contributed by atoms with Gasteiger partial charge in [-0.15, -0.1) is 0 Å². The van der Waals surface area contributed by atoms with E-state index in [1.54, 1.807) is 0 Å². The lowest BCUT2D eigenvalue weighted by molar-refractivity contribution is -0.173. The van der Waals surface area contributed by atoms with E-state index in [-0.39, 0.29) is 6.61 Å². The van der Waals surface area contributed by atoms with Crippen molar-refractivity contribution in [1.82, 2.24) is 0 Å². The van der Waals surface area contributed by atoms with Gasteiger partial charge < -0.3 is 10.1 Å². The first-order valence-electron chi connectivity index (χ1n) is 5.43. The lowest BCUT2D eigenvalue weighted by atomic mass is 10.2. The van der Waals surface area contributed by atoms with Gasteiger partial charge in [-0.3, -0.25) is 0 Å². The average Bonchev–Trinajstić information content (AvgIpc) is 2.24. The molecule has 0 unspecified atom stereocenters. The molecule has 1 N–H and O–H groups in total. The van der Waals surface area contributed by atoms with Crippen molar-refractivity contribution in [2.75, 3.05) is 25.1 Å². The fourth-order valence-corrected chi connectivity index (χ4v) is 1.36. The Bertz CT molecular complexity index is 339. The largest absolute Gasteiger partial charge is 0.411 e. The van der Waals surface area contributed by atoms with E-state index in [4.69, 9.17) is 0 Å². The van der Waals surface area contributed by atoms with Crippen LogP contribution in [-0.2, 0) is 4.74 Å². The standard InChI is InChI=1S/C12H16F3NO/c1-10-5-2-3-6-11(10)16-7-4-8-17-9-12(13,14)15/h2-3,5-6,16H,4,7-9H2,1H3. The van der Waals surface area contributed by atoms with E-state index in [2.05, 4.69) is 10.1 Å². The molecular weight excluding hydrogens is 231 g/mol. The number of hydrogen-bond acceptors (Lipinski definition) is 2. The van der Waals surface area contributed by atoms with Crippen LogP contribution in [0.2, 0.25) is 0 Å². The second-order valence-electron chi connectivity index (χ2n) is 3.76. The summed E-state index contributed by atoms with van der Waals surface area (Å²) in [5, 5.41) is 3.15. The van der Waals surface area contributed by atoms with Gasteiger partial charge in [0.15, 0.2) is 0 Å². The number of rotatable bonds is 6. The molecule has 5 heteroatoms. The molecule has 1 aromatic rings. The monoisotopic (exact) mass is 247 g/mol. The van der Waals surface area contributed by atoms with Crippen molar-refractivity contribution in [2.45, 2.75) is 19.5 Å². The van der Waals surface area contributed by atoms with Crippen molar-refractivity contribution in [3.8, 4) is 0 Å². The van der Waals surface area contributed by atoms with Gasteiger partial charge in [0.2, 0.25) is 0 Å². The molecule has 0 radical (unpaired) electrons. The molecule has 0 aromatic heterocycles. The van der Waals surface area contributed by atoms with Crippen molar-refractivity contribution in [3.63, 3.8) is 0 Å². The van der Waals surface area contributed by atoms with Crippen LogP contribution in [0.3, 0.4) is 0 Å². The van der Waals surface area contributed by atoms with Crippen LogP contribution >= 0.6 is 0 Å². The second kappa shape index (κ2) is 6.49. The molecular formula is C12H16F3NO. The van der Waals surface area contributed by atoms with Gasteiger partial charge >= 0.3 is 6.18 Å². The molecule has 0 fully saturated rings. The highest BCUT2D eigenvalue weighted by molar-refractivity contribution is 5.49. The van der Waals surface area contributed by atoms with Crippen LogP contribution in [0.15, 0.2) is 24.3 Å². The van der Waals surface area contributed by atoms with Gasteiger partial charge in [-0.1, -0.05) is 18.2 Å². The molecule has 0 amide bonds. The molecule has 0 aliphatic rings. The Hall–Kier alpha value is -1.23. The van der Waals surface area contributed by atoms with E-state index in [0.29, 0.717) is 13.0 Å². The Balaban J connectivity index is 2.11. The first kappa shape index (κ1) is 13.8. The quantitative estimate of drug-likeness (QED) is 0.778. The third-order valence-electron chi connectivity index (χ3n) is 2.19. The summed E-state index contributed by atoms with van der Waals surface area (Å²) in [6.07, 6.45) is -3.69.